The number of pyridine rings is 3. The quantitative estimate of drug-likeness (QED) is 0.0634. The number of methoxy groups -OCH3 is 4. The van der Waals surface area contributed by atoms with Gasteiger partial charge in [0, 0.05) is 148 Å². The van der Waals surface area contributed by atoms with Crippen LogP contribution in [-0.2, 0) is 56.3 Å². The Morgan fingerprint density at radius 2 is 0.925 bits per heavy atom. The summed E-state index contributed by atoms with van der Waals surface area (Å²) in [6.07, 6.45) is 11.1. The van der Waals surface area contributed by atoms with E-state index >= 15 is 0 Å². The molecule has 12 heterocycles. The van der Waals surface area contributed by atoms with Crippen LogP contribution in [0.3, 0.4) is 0 Å². The summed E-state index contributed by atoms with van der Waals surface area (Å²) < 4.78 is 92.8. The van der Waals surface area contributed by atoms with Crippen LogP contribution in [0.2, 0.25) is 0 Å². The van der Waals surface area contributed by atoms with Gasteiger partial charge >= 0.3 is 0 Å². The average Bonchev–Trinajstić information content (AvgIpc) is 1.58. The number of hydrogen-bond acceptors (Lipinski definition) is 16. The molecule has 8 aliphatic rings. The zero-order valence-electron chi connectivity index (χ0n) is 70.2. The van der Waals surface area contributed by atoms with E-state index in [1.54, 1.807) is 45.6 Å². The van der Waals surface area contributed by atoms with Gasteiger partial charge in [0.2, 0.25) is 0 Å². The number of aryl methyl sites for hydroxylation is 2. The molecule has 25 nitrogen and oxygen atoms in total. The number of carbonyl (C=O) groups excluding carboxylic acids is 3. The van der Waals surface area contributed by atoms with Crippen molar-refractivity contribution in [3.05, 3.63) is 125 Å². The van der Waals surface area contributed by atoms with E-state index < -0.39 is 24.3 Å². The zero-order valence-corrected chi connectivity index (χ0v) is 70.2. The molecule has 0 unspecified atom stereocenters. The third-order valence-corrected chi connectivity index (χ3v) is 26.3. The van der Waals surface area contributed by atoms with Crippen LogP contribution in [-0.4, -0.2) is 193 Å². The fourth-order valence-corrected chi connectivity index (χ4v) is 19.3. The smallest absolute Gasteiger partial charge is 0.287 e. The lowest BCUT2D eigenvalue weighted by atomic mass is 9.72. The van der Waals surface area contributed by atoms with Gasteiger partial charge in [0.1, 0.15) is 68.8 Å². The van der Waals surface area contributed by atoms with Gasteiger partial charge < -0.3 is 78.3 Å². The highest BCUT2D eigenvalue weighted by Crippen LogP contribution is 2.47. The molecule has 3 saturated heterocycles. The maximum atomic E-state index is 14.3. The molecule has 9 aromatic heterocycles. The first-order valence-electron chi connectivity index (χ1n) is 42.4. The molecule has 5 saturated carbocycles. The standard InChI is InChI=1S/C32H39FN6O3.C31H38N6O2.C28H31F3N6O2/c1-32(42-3)13-20(14-32)16-39-28-25(9-22(11-27(28)41-2)31(40)37-17-23(33)12-24(34)18-37)36-30(39)26-10-21-5-4-8-35-29(21)38(26)15-19-6-7-19;1-31(2,3)25-11-9-18-13-23(36(28(18)34-25)15-17-6-7-17)29-33-21-12-20(14-24(39-5)27(21)35(29)4)30(38)37-16-19-8-10-22(37)26(19)32;1-28(30,31)23-7-6-16-9-21(37(25(16)34-23)12-15-4-5-15)26-33-20-8-17(10-22(39-3)24(20)35(26)2)27(38)36-13-18(29)11-19(32)14-36/h4-5,8-11,19-20,23-24H,6-7,12-18,34H2,1-3H3;9,11-14,17,19,22,26H,6-8,10,15-16,32H2,1-5H3;6-10,15,18-19H,4-5,11-14,32H2,1-3H3/t20?,23-,24-,32?;19-,22-,26-;18-,19-/m111/s1. The minimum absolute atomic E-state index is 0.00653. The van der Waals surface area contributed by atoms with Gasteiger partial charge in [-0.05, 0) is 205 Å². The van der Waals surface area contributed by atoms with Gasteiger partial charge in [-0.1, -0.05) is 20.8 Å². The summed E-state index contributed by atoms with van der Waals surface area (Å²) in [5.41, 5.74) is 30.1. The fraction of sp³-hybridized carbons (Fsp3) is 0.505. The van der Waals surface area contributed by atoms with E-state index in [2.05, 4.69) is 81.3 Å². The second-order valence-electron chi connectivity index (χ2n) is 36.7. The first-order valence-corrected chi connectivity index (χ1v) is 42.4. The molecule has 0 radical (unpaired) electrons. The number of aromatic nitrogens is 12. The second kappa shape index (κ2) is 30.9. The Hall–Kier alpha value is -10.5. The zero-order chi connectivity index (χ0) is 84.0. The van der Waals surface area contributed by atoms with E-state index in [9.17, 15) is 31.9 Å². The Morgan fingerprint density at radius 3 is 1.37 bits per heavy atom. The van der Waals surface area contributed by atoms with E-state index in [4.69, 9.17) is 61.1 Å². The molecule has 632 valence electrons. The molecule has 6 N–H and O–H groups in total. The minimum atomic E-state index is -3.06. The number of piperidine rings is 3. The maximum Gasteiger partial charge on any atom is 0.287 e. The van der Waals surface area contributed by atoms with Crippen LogP contribution in [0.15, 0.2) is 97.2 Å². The number of rotatable bonds is 19. The number of alkyl halides is 4. The lowest BCUT2D eigenvalue weighted by Gasteiger charge is -2.44. The molecule has 8 fully saturated rings. The Kier molecular flexibility index (Phi) is 20.7. The van der Waals surface area contributed by atoms with Crippen molar-refractivity contribution in [3.8, 4) is 51.8 Å². The number of likely N-dealkylation sites (tertiary alicyclic amines) is 3. The molecule has 0 spiro atoms. The van der Waals surface area contributed by atoms with Crippen LogP contribution in [0.25, 0.3) is 101 Å². The van der Waals surface area contributed by atoms with Crippen LogP contribution in [0, 0.1) is 29.6 Å². The fourth-order valence-electron chi connectivity index (χ4n) is 19.3. The number of halogens is 4. The van der Waals surface area contributed by atoms with Crippen LogP contribution < -0.4 is 31.4 Å². The highest BCUT2D eigenvalue weighted by Gasteiger charge is 2.48. The number of carbonyl (C=O) groups is 3. The van der Waals surface area contributed by atoms with Crippen molar-refractivity contribution in [2.45, 2.75) is 191 Å². The van der Waals surface area contributed by atoms with Crippen molar-refractivity contribution in [3.63, 3.8) is 0 Å². The predicted molar refractivity (Wildman–Crippen MR) is 454 cm³/mol. The third kappa shape index (κ3) is 15.2. The average molecular weight is 1640 g/mol. The molecule has 29 heteroatoms. The van der Waals surface area contributed by atoms with E-state index in [-0.39, 0.29) is 85.0 Å². The topological polar surface area (TPSA) is 283 Å². The van der Waals surface area contributed by atoms with E-state index in [0.717, 1.165) is 150 Å². The van der Waals surface area contributed by atoms with Crippen LogP contribution in [0.4, 0.5) is 17.6 Å². The van der Waals surface area contributed by atoms with Gasteiger partial charge in [-0.3, -0.25) is 14.4 Å². The van der Waals surface area contributed by atoms with Crippen molar-refractivity contribution in [1.82, 2.24) is 72.0 Å². The SMILES string of the molecule is COc1cc(C(=O)N2C[C@H](N)C[C@@H](F)C2)cc2nc(-c3cc4ccc(C(C)(F)F)nc4n3CC3CC3)n(C)c12.COc1cc(C(=O)N2C[C@H](N)C[C@@H](F)C2)cc2nc(-c3cc4cccnc4n3CC3CC3)n(CC3CC(C)(OC)C3)c12.COc1cc(C(=O)N2C[C@H]3CC[C@@H]2[C@@H]3N)cc2nc(-c3cc4ccc(C(C)(C)C)nc4n3CC3CC3)n(C)c12. The molecule has 3 aliphatic heterocycles. The van der Waals surface area contributed by atoms with Gasteiger partial charge in [0.15, 0.2) is 17.5 Å². The predicted octanol–water partition coefficient (Wildman–Crippen LogP) is 14.3. The number of imidazole rings is 3. The van der Waals surface area contributed by atoms with Gasteiger partial charge in [-0.15, -0.1) is 0 Å². The lowest BCUT2D eigenvalue weighted by Crippen LogP contribution is -2.50. The summed E-state index contributed by atoms with van der Waals surface area (Å²) in [5, 5.41) is 2.94. The molecular formula is C91H108F4N18O7. The Bertz CT molecular complexity index is 5990. The molecule has 12 aromatic rings. The summed E-state index contributed by atoms with van der Waals surface area (Å²) in [5.74, 6) is 2.93. The second-order valence-corrected chi connectivity index (χ2v) is 36.7. The normalized spacial score (nSPS) is 23.2. The van der Waals surface area contributed by atoms with Crippen molar-refractivity contribution in [2.75, 3.05) is 61.2 Å². The summed E-state index contributed by atoms with van der Waals surface area (Å²) in [6, 6.07) is 27.8. The summed E-state index contributed by atoms with van der Waals surface area (Å²) in [6.45, 7) is 14.2. The number of amides is 3. The number of nitrogens with two attached hydrogens (primary N) is 3. The van der Waals surface area contributed by atoms with E-state index in [1.165, 1.54) is 48.7 Å². The van der Waals surface area contributed by atoms with Gasteiger partial charge in [-0.2, -0.15) is 8.78 Å². The third-order valence-electron chi connectivity index (χ3n) is 26.3. The minimum Gasteiger partial charge on any atom is -0.494 e. The van der Waals surface area contributed by atoms with Gasteiger partial charge in [-0.25, -0.2) is 38.7 Å². The van der Waals surface area contributed by atoms with Crippen molar-refractivity contribution >= 4 is 83.9 Å². The first-order chi connectivity index (χ1) is 57.4. The van der Waals surface area contributed by atoms with Crippen molar-refractivity contribution < 1.29 is 50.9 Å². The van der Waals surface area contributed by atoms with Crippen molar-refractivity contribution in [1.29, 1.82) is 0 Å². The van der Waals surface area contributed by atoms with Crippen LogP contribution in [0.5, 0.6) is 17.2 Å². The molecule has 20 rings (SSSR count). The summed E-state index contributed by atoms with van der Waals surface area (Å²) in [4.78, 5) is 74.9. The number of hydrogen-bond donors (Lipinski definition) is 3. The Labute approximate surface area is 693 Å². The number of nitrogens with zero attached hydrogens (tertiary/aromatic N) is 15. The Balaban J connectivity index is 0.000000124. The van der Waals surface area contributed by atoms with E-state index in [1.807, 2.05) is 64.7 Å². The largest absolute Gasteiger partial charge is 0.494 e. The van der Waals surface area contributed by atoms with Gasteiger partial charge in [0.25, 0.3) is 23.6 Å². The number of benzene rings is 3. The molecule has 3 amide bonds. The van der Waals surface area contributed by atoms with Crippen molar-refractivity contribution in [2.24, 2.45) is 60.9 Å². The molecule has 120 heavy (non-hydrogen) atoms. The van der Waals surface area contributed by atoms with Gasteiger partial charge in [0.05, 0.1) is 73.7 Å². The molecule has 5 aliphatic carbocycles. The van der Waals surface area contributed by atoms with E-state index in [0.29, 0.717) is 105 Å². The van der Waals surface area contributed by atoms with Crippen LogP contribution >= 0.6 is 0 Å². The summed E-state index contributed by atoms with van der Waals surface area (Å²) >= 11 is 0. The lowest BCUT2D eigenvalue weighted by molar-refractivity contribution is -0.0937. The number of ether oxygens (including phenoxy) is 4. The van der Waals surface area contributed by atoms with Crippen LogP contribution in [0.1, 0.15) is 154 Å². The molecule has 7 atom stereocenters. The maximum absolute atomic E-state index is 14.3. The molecule has 2 bridgehead atoms. The number of fused-ring (bicyclic) bond motifs is 8. The first kappa shape index (κ1) is 80.6. The summed E-state index contributed by atoms with van der Waals surface area (Å²) in [7, 11) is 10.5. The monoisotopic (exact) mass is 1640 g/mol. The molecular weight excluding hydrogens is 1530 g/mol. The highest BCUT2D eigenvalue weighted by molar-refractivity contribution is 6.03. The highest BCUT2D eigenvalue weighted by atomic mass is 19.3. The molecule has 3 aromatic carbocycles. The Morgan fingerprint density at radius 1 is 0.492 bits per heavy atom.